The zero-order valence-corrected chi connectivity index (χ0v) is 22.2. The average molecular weight is 522 g/mol. The predicted molar refractivity (Wildman–Crippen MR) is 146 cm³/mol. The summed E-state index contributed by atoms with van der Waals surface area (Å²) in [4.78, 5) is 27.8. The molecular formula is C21H31NO2S6. The van der Waals surface area contributed by atoms with Gasteiger partial charge in [0.25, 0.3) is 0 Å². The Balaban J connectivity index is 1.88. The molecule has 0 N–H and O–H groups in total. The van der Waals surface area contributed by atoms with Gasteiger partial charge in [-0.3, -0.25) is 14.5 Å². The van der Waals surface area contributed by atoms with E-state index in [0.29, 0.717) is 6.54 Å². The van der Waals surface area contributed by atoms with Crippen molar-refractivity contribution in [1.82, 2.24) is 4.90 Å². The first kappa shape index (κ1) is 26.7. The number of hydrogen-bond donors (Lipinski definition) is 2. The Kier molecular flexibility index (Phi) is 14.4. The lowest BCUT2D eigenvalue weighted by molar-refractivity contribution is -0.138. The lowest BCUT2D eigenvalue weighted by atomic mass is 9.97. The van der Waals surface area contributed by atoms with Crippen molar-refractivity contribution in [3.8, 4) is 0 Å². The van der Waals surface area contributed by atoms with Crippen molar-refractivity contribution in [2.75, 3.05) is 58.3 Å². The third kappa shape index (κ3) is 8.77. The second-order valence-electron chi connectivity index (χ2n) is 6.65. The van der Waals surface area contributed by atoms with Gasteiger partial charge in [0.15, 0.2) is 0 Å². The largest absolute Gasteiger partial charge is 0.281 e. The number of hydrogen-bond acceptors (Lipinski definition) is 8. The molecule has 3 nitrogen and oxygen atoms in total. The van der Waals surface area contributed by atoms with Crippen LogP contribution in [0.3, 0.4) is 0 Å². The number of carbonyl (C=O) groups is 2. The van der Waals surface area contributed by atoms with Gasteiger partial charge in [-0.25, -0.2) is 0 Å². The summed E-state index contributed by atoms with van der Waals surface area (Å²) in [7, 11) is 0. The molecule has 0 spiro atoms. The molecular weight excluding hydrogens is 491 g/mol. The Bertz CT molecular complexity index is 633. The average Bonchev–Trinajstić information content (AvgIpc) is 3.00. The van der Waals surface area contributed by atoms with Gasteiger partial charge in [-0.1, -0.05) is 30.3 Å². The zero-order valence-electron chi connectivity index (χ0n) is 17.1. The van der Waals surface area contributed by atoms with E-state index in [4.69, 9.17) is 0 Å². The van der Waals surface area contributed by atoms with Crippen LogP contribution in [0.1, 0.15) is 17.9 Å². The quantitative estimate of drug-likeness (QED) is 0.187. The number of amides is 2. The van der Waals surface area contributed by atoms with Crippen LogP contribution >= 0.6 is 72.3 Å². The summed E-state index contributed by atoms with van der Waals surface area (Å²) in [5, 5.41) is -0.304. The fourth-order valence-corrected chi connectivity index (χ4v) is 7.95. The van der Waals surface area contributed by atoms with Crippen molar-refractivity contribution in [2.45, 2.75) is 17.6 Å². The van der Waals surface area contributed by atoms with E-state index in [1.54, 1.807) is 11.8 Å². The van der Waals surface area contributed by atoms with E-state index >= 15 is 0 Å². The SMILES string of the molecule is O=C1C(SCCSCCS)C(c2ccccc2)C(=O)N1CCCSCCSCCS. The highest BCUT2D eigenvalue weighted by Crippen LogP contribution is 2.38. The molecule has 1 aliphatic heterocycles. The van der Waals surface area contributed by atoms with E-state index < -0.39 is 0 Å². The summed E-state index contributed by atoms with van der Waals surface area (Å²) in [6.45, 7) is 0.531. The monoisotopic (exact) mass is 521 g/mol. The second kappa shape index (κ2) is 16.1. The third-order valence-corrected chi connectivity index (χ3v) is 10.4. The summed E-state index contributed by atoms with van der Waals surface area (Å²) in [6.07, 6.45) is 0.857. The van der Waals surface area contributed by atoms with E-state index in [-0.39, 0.29) is 23.0 Å². The van der Waals surface area contributed by atoms with Crippen molar-refractivity contribution in [3.05, 3.63) is 35.9 Å². The highest BCUT2D eigenvalue weighted by Gasteiger charge is 2.48. The topological polar surface area (TPSA) is 37.4 Å². The van der Waals surface area contributed by atoms with Gasteiger partial charge in [0.2, 0.25) is 11.8 Å². The number of likely N-dealkylation sites (tertiary alicyclic amines) is 1. The highest BCUT2D eigenvalue weighted by atomic mass is 32.2. The smallest absolute Gasteiger partial charge is 0.243 e. The van der Waals surface area contributed by atoms with E-state index in [0.717, 1.165) is 63.8 Å². The zero-order chi connectivity index (χ0) is 21.6. The number of rotatable bonds is 16. The van der Waals surface area contributed by atoms with Crippen molar-refractivity contribution in [3.63, 3.8) is 0 Å². The Hall–Kier alpha value is 0.460. The third-order valence-electron chi connectivity index (χ3n) is 4.54. The van der Waals surface area contributed by atoms with Crippen LogP contribution in [0.5, 0.6) is 0 Å². The molecule has 2 atom stereocenters. The van der Waals surface area contributed by atoms with Crippen LogP contribution in [-0.4, -0.2) is 80.3 Å². The van der Waals surface area contributed by atoms with Crippen LogP contribution < -0.4 is 0 Å². The van der Waals surface area contributed by atoms with Gasteiger partial charge < -0.3 is 0 Å². The van der Waals surface area contributed by atoms with Crippen molar-refractivity contribution in [2.24, 2.45) is 0 Å². The van der Waals surface area contributed by atoms with Crippen LogP contribution in [0.15, 0.2) is 30.3 Å². The van der Waals surface area contributed by atoms with E-state index in [1.165, 1.54) is 4.90 Å². The number of nitrogens with zero attached hydrogens (tertiary/aromatic N) is 1. The molecule has 2 rings (SSSR count). The van der Waals surface area contributed by atoms with Gasteiger partial charge in [0.05, 0.1) is 11.2 Å². The molecule has 168 valence electrons. The van der Waals surface area contributed by atoms with E-state index in [9.17, 15) is 9.59 Å². The van der Waals surface area contributed by atoms with Crippen molar-refractivity contribution in [1.29, 1.82) is 0 Å². The molecule has 2 amide bonds. The molecule has 1 heterocycles. The molecule has 1 aromatic rings. The fraction of sp³-hybridized carbons (Fsp3) is 0.619. The van der Waals surface area contributed by atoms with Crippen LogP contribution in [0.25, 0.3) is 0 Å². The summed E-state index contributed by atoms with van der Waals surface area (Å²) in [5.41, 5.74) is 0.953. The summed E-state index contributed by atoms with van der Waals surface area (Å²) in [5.74, 6) is 8.57. The van der Waals surface area contributed by atoms with Gasteiger partial charge in [-0.2, -0.15) is 60.5 Å². The molecule has 0 radical (unpaired) electrons. The molecule has 0 bridgehead atoms. The minimum Gasteiger partial charge on any atom is -0.281 e. The Morgan fingerprint density at radius 3 is 2.00 bits per heavy atom. The standard InChI is InChI=1S/C21H31NO2S6/c23-20-18(17-5-2-1-3-6-17)19(30-16-15-29-12-9-26)21(24)22(20)7-4-10-27-13-14-28-11-8-25/h1-3,5-6,18-19,25-26H,4,7-16H2. The van der Waals surface area contributed by atoms with Crippen LogP contribution in [0.4, 0.5) is 0 Å². The molecule has 0 aliphatic carbocycles. The Morgan fingerprint density at radius 1 is 0.767 bits per heavy atom. The van der Waals surface area contributed by atoms with E-state index in [2.05, 4.69) is 25.3 Å². The number of thiol groups is 2. The normalized spacial score (nSPS) is 19.1. The van der Waals surface area contributed by atoms with Crippen LogP contribution in [0.2, 0.25) is 0 Å². The van der Waals surface area contributed by atoms with E-state index in [1.807, 2.05) is 65.6 Å². The number of imide groups is 1. The summed E-state index contributed by atoms with van der Waals surface area (Å²) >= 11 is 15.8. The van der Waals surface area contributed by atoms with Gasteiger partial charge in [-0.15, -0.1) is 11.8 Å². The Labute approximate surface area is 209 Å². The molecule has 0 aromatic heterocycles. The van der Waals surface area contributed by atoms with Gasteiger partial charge in [-0.05, 0) is 29.2 Å². The summed E-state index contributed by atoms with van der Waals surface area (Å²) < 4.78 is 0. The number of carbonyl (C=O) groups excluding carboxylic acids is 2. The molecule has 1 aromatic carbocycles. The molecule has 1 aliphatic rings. The van der Waals surface area contributed by atoms with Gasteiger partial charge in [0, 0.05) is 41.1 Å². The fourth-order valence-electron chi connectivity index (χ4n) is 3.18. The molecule has 9 heteroatoms. The molecule has 0 saturated carbocycles. The molecule has 30 heavy (non-hydrogen) atoms. The Morgan fingerprint density at radius 2 is 1.37 bits per heavy atom. The molecule has 2 unspecified atom stereocenters. The highest BCUT2D eigenvalue weighted by molar-refractivity contribution is 8.04. The molecule has 1 saturated heterocycles. The van der Waals surface area contributed by atoms with Gasteiger partial charge in [0.1, 0.15) is 0 Å². The maximum absolute atomic E-state index is 13.2. The van der Waals surface area contributed by atoms with Crippen molar-refractivity contribution < 1.29 is 9.59 Å². The number of thioether (sulfide) groups is 4. The van der Waals surface area contributed by atoms with Crippen molar-refractivity contribution >= 4 is 84.1 Å². The first-order valence-corrected chi connectivity index (χ1v) is 15.9. The van der Waals surface area contributed by atoms with Crippen LogP contribution in [-0.2, 0) is 9.59 Å². The minimum atomic E-state index is -0.358. The lowest BCUT2D eigenvalue weighted by Gasteiger charge is -2.15. The van der Waals surface area contributed by atoms with Crippen LogP contribution in [0, 0.1) is 0 Å². The maximum Gasteiger partial charge on any atom is 0.243 e. The number of benzene rings is 1. The second-order valence-corrected chi connectivity index (χ2v) is 12.5. The minimum absolute atomic E-state index is 0.00705. The van der Waals surface area contributed by atoms with Gasteiger partial charge >= 0.3 is 0 Å². The lowest BCUT2D eigenvalue weighted by Crippen LogP contribution is -2.32. The maximum atomic E-state index is 13.2. The molecule has 1 fully saturated rings. The summed E-state index contributed by atoms with van der Waals surface area (Å²) in [6, 6.07) is 9.79. The predicted octanol–water partition coefficient (Wildman–Crippen LogP) is 4.69. The first-order chi connectivity index (χ1) is 14.7. The first-order valence-electron chi connectivity index (χ1n) is 10.2.